The van der Waals surface area contributed by atoms with E-state index in [0.29, 0.717) is 18.9 Å². The molecule has 1 fully saturated rings. The second kappa shape index (κ2) is 7.08. The van der Waals surface area contributed by atoms with Gasteiger partial charge in [-0.25, -0.2) is 0 Å². The van der Waals surface area contributed by atoms with Crippen LogP contribution in [0.2, 0.25) is 0 Å². The Hall–Kier alpha value is -1.84. The van der Waals surface area contributed by atoms with Gasteiger partial charge in [0, 0.05) is 6.54 Å². The first-order valence-electron chi connectivity index (χ1n) is 7.18. The van der Waals surface area contributed by atoms with Gasteiger partial charge in [-0.05, 0) is 37.2 Å². The van der Waals surface area contributed by atoms with Crippen molar-refractivity contribution in [1.82, 2.24) is 5.32 Å². The van der Waals surface area contributed by atoms with E-state index in [0.717, 1.165) is 31.2 Å². The molecule has 1 saturated carbocycles. The summed E-state index contributed by atoms with van der Waals surface area (Å²) in [6, 6.07) is 9.67. The largest absolute Gasteiger partial charge is 0.481 e. The molecule has 0 bridgehead atoms. The van der Waals surface area contributed by atoms with Crippen LogP contribution in [0.5, 0.6) is 0 Å². The van der Waals surface area contributed by atoms with Crippen LogP contribution in [0.4, 0.5) is 0 Å². The van der Waals surface area contributed by atoms with Gasteiger partial charge in [0.1, 0.15) is 0 Å². The van der Waals surface area contributed by atoms with Gasteiger partial charge in [-0.3, -0.25) is 9.59 Å². The van der Waals surface area contributed by atoms with Crippen LogP contribution < -0.4 is 5.32 Å². The average molecular weight is 275 g/mol. The van der Waals surface area contributed by atoms with Crippen molar-refractivity contribution in [3.8, 4) is 0 Å². The Labute approximate surface area is 119 Å². The second-order valence-corrected chi connectivity index (χ2v) is 5.52. The summed E-state index contributed by atoms with van der Waals surface area (Å²) < 4.78 is 0. The Morgan fingerprint density at radius 2 is 1.75 bits per heavy atom. The molecule has 2 rings (SSSR count). The molecule has 0 saturated heterocycles. The monoisotopic (exact) mass is 275 g/mol. The SMILES string of the molecule is O=C(Cc1ccccc1)NCC1CCC(C(=O)O)CC1. The maximum atomic E-state index is 11.8. The predicted molar refractivity (Wildman–Crippen MR) is 76.2 cm³/mol. The maximum Gasteiger partial charge on any atom is 0.306 e. The van der Waals surface area contributed by atoms with Crippen LogP contribution in [-0.2, 0) is 16.0 Å². The van der Waals surface area contributed by atoms with Crippen LogP contribution in [0, 0.1) is 11.8 Å². The van der Waals surface area contributed by atoms with Gasteiger partial charge in [0.15, 0.2) is 0 Å². The molecule has 108 valence electrons. The molecule has 4 heteroatoms. The van der Waals surface area contributed by atoms with Crippen LogP contribution in [0.1, 0.15) is 31.2 Å². The molecule has 1 aromatic rings. The average Bonchev–Trinajstić information content (AvgIpc) is 2.46. The predicted octanol–water partition coefficient (Wildman–Crippen LogP) is 2.24. The number of carboxylic acids is 1. The van der Waals surface area contributed by atoms with Gasteiger partial charge in [-0.2, -0.15) is 0 Å². The highest BCUT2D eigenvalue weighted by Crippen LogP contribution is 2.28. The van der Waals surface area contributed by atoms with Crippen molar-refractivity contribution >= 4 is 11.9 Å². The number of hydrogen-bond acceptors (Lipinski definition) is 2. The number of nitrogens with one attached hydrogen (secondary N) is 1. The number of carboxylic acid groups (broad SMARTS) is 1. The minimum Gasteiger partial charge on any atom is -0.481 e. The highest BCUT2D eigenvalue weighted by molar-refractivity contribution is 5.78. The lowest BCUT2D eigenvalue weighted by atomic mass is 9.82. The second-order valence-electron chi connectivity index (χ2n) is 5.52. The van der Waals surface area contributed by atoms with E-state index in [9.17, 15) is 9.59 Å². The first kappa shape index (κ1) is 14.6. The summed E-state index contributed by atoms with van der Waals surface area (Å²) in [5, 5.41) is 11.9. The highest BCUT2D eigenvalue weighted by atomic mass is 16.4. The topological polar surface area (TPSA) is 66.4 Å². The number of carbonyl (C=O) groups excluding carboxylic acids is 1. The summed E-state index contributed by atoms with van der Waals surface area (Å²) in [6.45, 7) is 0.665. The van der Waals surface area contributed by atoms with Crippen LogP contribution >= 0.6 is 0 Å². The zero-order chi connectivity index (χ0) is 14.4. The fraction of sp³-hybridized carbons (Fsp3) is 0.500. The Morgan fingerprint density at radius 3 is 2.35 bits per heavy atom. The molecule has 0 aliphatic heterocycles. The molecule has 0 spiro atoms. The van der Waals surface area contributed by atoms with Crippen LogP contribution in [0.25, 0.3) is 0 Å². The third kappa shape index (κ3) is 4.37. The lowest BCUT2D eigenvalue weighted by Crippen LogP contribution is -2.33. The normalized spacial score (nSPS) is 22.2. The third-order valence-electron chi connectivity index (χ3n) is 3.99. The first-order valence-corrected chi connectivity index (χ1v) is 7.18. The van der Waals surface area contributed by atoms with E-state index in [1.807, 2.05) is 30.3 Å². The van der Waals surface area contributed by atoms with Gasteiger partial charge in [0.05, 0.1) is 12.3 Å². The van der Waals surface area contributed by atoms with Crippen LogP contribution in [-0.4, -0.2) is 23.5 Å². The molecular weight excluding hydrogens is 254 g/mol. The van der Waals surface area contributed by atoms with Crippen molar-refractivity contribution in [2.24, 2.45) is 11.8 Å². The van der Waals surface area contributed by atoms with E-state index in [4.69, 9.17) is 5.11 Å². The van der Waals surface area contributed by atoms with E-state index in [2.05, 4.69) is 5.32 Å². The molecule has 1 aromatic carbocycles. The maximum absolute atomic E-state index is 11.8. The Balaban J connectivity index is 1.68. The number of hydrogen-bond donors (Lipinski definition) is 2. The fourth-order valence-corrected chi connectivity index (χ4v) is 2.72. The Kier molecular flexibility index (Phi) is 5.16. The van der Waals surface area contributed by atoms with Gasteiger partial charge in [-0.15, -0.1) is 0 Å². The van der Waals surface area contributed by atoms with Crippen molar-refractivity contribution in [3.63, 3.8) is 0 Å². The number of carbonyl (C=O) groups is 2. The fourth-order valence-electron chi connectivity index (χ4n) is 2.72. The summed E-state index contributed by atoms with van der Waals surface area (Å²) in [6.07, 6.45) is 3.65. The molecule has 1 amide bonds. The quantitative estimate of drug-likeness (QED) is 0.866. The Bertz CT molecular complexity index is 450. The molecule has 1 aliphatic carbocycles. The molecule has 0 unspecified atom stereocenters. The zero-order valence-electron chi connectivity index (χ0n) is 11.5. The molecule has 2 N–H and O–H groups in total. The number of aliphatic carboxylic acids is 1. The summed E-state index contributed by atoms with van der Waals surface area (Å²) in [5.41, 5.74) is 1.01. The van der Waals surface area contributed by atoms with E-state index in [1.165, 1.54) is 0 Å². The standard InChI is InChI=1S/C16H21NO3/c18-15(10-12-4-2-1-3-5-12)17-11-13-6-8-14(9-7-13)16(19)20/h1-5,13-14H,6-11H2,(H,17,18)(H,19,20). The third-order valence-corrected chi connectivity index (χ3v) is 3.99. The summed E-state index contributed by atoms with van der Waals surface area (Å²) in [5.74, 6) is -0.412. The van der Waals surface area contributed by atoms with E-state index in [1.54, 1.807) is 0 Å². The van der Waals surface area contributed by atoms with E-state index >= 15 is 0 Å². The molecule has 20 heavy (non-hydrogen) atoms. The highest BCUT2D eigenvalue weighted by Gasteiger charge is 2.25. The molecule has 4 nitrogen and oxygen atoms in total. The van der Waals surface area contributed by atoms with Gasteiger partial charge >= 0.3 is 5.97 Å². The van der Waals surface area contributed by atoms with Crippen LogP contribution in [0.15, 0.2) is 30.3 Å². The van der Waals surface area contributed by atoms with E-state index < -0.39 is 5.97 Å². The molecule has 1 aliphatic rings. The lowest BCUT2D eigenvalue weighted by molar-refractivity contribution is -0.143. The summed E-state index contributed by atoms with van der Waals surface area (Å²) in [4.78, 5) is 22.7. The van der Waals surface area contributed by atoms with Gasteiger partial charge in [0.2, 0.25) is 5.91 Å². The lowest BCUT2D eigenvalue weighted by Gasteiger charge is -2.26. The van der Waals surface area contributed by atoms with Crippen molar-refractivity contribution in [3.05, 3.63) is 35.9 Å². The molecule has 0 heterocycles. The molecule has 0 aromatic heterocycles. The van der Waals surface area contributed by atoms with Gasteiger partial charge in [0.25, 0.3) is 0 Å². The summed E-state index contributed by atoms with van der Waals surface area (Å²) in [7, 11) is 0. The number of amides is 1. The van der Waals surface area contributed by atoms with E-state index in [-0.39, 0.29) is 11.8 Å². The molecular formula is C16H21NO3. The smallest absolute Gasteiger partial charge is 0.306 e. The van der Waals surface area contributed by atoms with Gasteiger partial charge < -0.3 is 10.4 Å². The number of rotatable bonds is 5. The molecule has 0 radical (unpaired) electrons. The zero-order valence-corrected chi connectivity index (χ0v) is 11.5. The van der Waals surface area contributed by atoms with Crippen molar-refractivity contribution < 1.29 is 14.7 Å². The molecule has 0 atom stereocenters. The summed E-state index contributed by atoms with van der Waals surface area (Å²) >= 11 is 0. The van der Waals surface area contributed by atoms with Crippen LogP contribution in [0.3, 0.4) is 0 Å². The van der Waals surface area contributed by atoms with Crippen molar-refractivity contribution in [2.75, 3.05) is 6.54 Å². The Morgan fingerprint density at radius 1 is 1.10 bits per heavy atom. The van der Waals surface area contributed by atoms with Crippen molar-refractivity contribution in [1.29, 1.82) is 0 Å². The minimum atomic E-state index is -0.684. The first-order chi connectivity index (χ1) is 9.65. The minimum absolute atomic E-state index is 0.0385. The number of benzene rings is 1. The van der Waals surface area contributed by atoms with Gasteiger partial charge in [-0.1, -0.05) is 30.3 Å². The van der Waals surface area contributed by atoms with Crippen molar-refractivity contribution in [2.45, 2.75) is 32.1 Å².